The molecule has 1 atom stereocenters. The van der Waals surface area contributed by atoms with Crippen LogP contribution in [0.5, 0.6) is 0 Å². The zero-order valence-electron chi connectivity index (χ0n) is 13.0. The number of anilines is 1. The molecule has 0 saturated carbocycles. The highest BCUT2D eigenvalue weighted by molar-refractivity contribution is 5.92. The maximum Gasteiger partial charge on any atom is 0.238 e. The molecule has 0 aromatic heterocycles. The van der Waals surface area contributed by atoms with Crippen LogP contribution in [-0.2, 0) is 9.59 Å². The number of nitrogens with one attached hydrogen (secondary N) is 2. The fourth-order valence-electron chi connectivity index (χ4n) is 2.51. The van der Waals surface area contributed by atoms with Gasteiger partial charge in [-0.05, 0) is 31.0 Å². The van der Waals surface area contributed by atoms with Crippen molar-refractivity contribution in [3.63, 3.8) is 0 Å². The molecule has 1 saturated heterocycles. The summed E-state index contributed by atoms with van der Waals surface area (Å²) in [6, 6.07) is 4.59. The molecule has 120 valence electrons. The molecule has 1 aromatic carbocycles. The van der Waals surface area contributed by atoms with E-state index in [0.29, 0.717) is 24.2 Å². The first-order valence-electron chi connectivity index (χ1n) is 7.56. The molecule has 0 unspecified atom stereocenters. The highest BCUT2D eigenvalue weighted by Gasteiger charge is 2.28. The monoisotopic (exact) mass is 307 g/mol. The van der Waals surface area contributed by atoms with E-state index in [0.717, 1.165) is 13.0 Å². The topological polar surface area (TPSA) is 61.4 Å². The van der Waals surface area contributed by atoms with Crippen molar-refractivity contribution in [2.75, 3.05) is 25.0 Å². The summed E-state index contributed by atoms with van der Waals surface area (Å²) < 4.78 is 13.4. The molecule has 1 aliphatic rings. The Bertz CT molecular complexity index is 562. The third-order valence-corrected chi connectivity index (χ3v) is 3.71. The van der Waals surface area contributed by atoms with Crippen LogP contribution >= 0.6 is 0 Å². The van der Waals surface area contributed by atoms with E-state index in [4.69, 9.17) is 0 Å². The van der Waals surface area contributed by atoms with Crippen LogP contribution in [0, 0.1) is 12.7 Å². The number of nitrogens with zero attached hydrogens (tertiary/aromatic N) is 1. The van der Waals surface area contributed by atoms with E-state index in [2.05, 4.69) is 10.6 Å². The lowest BCUT2D eigenvalue weighted by Gasteiger charge is -2.16. The molecular weight excluding hydrogens is 285 g/mol. The largest absolute Gasteiger partial charge is 0.341 e. The Morgan fingerprint density at radius 1 is 1.45 bits per heavy atom. The van der Waals surface area contributed by atoms with Gasteiger partial charge in [-0.25, -0.2) is 4.39 Å². The van der Waals surface area contributed by atoms with Crippen molar-refractivity contribution in [2.24, 2.45) is 0 Å². The molecule has 2 amide bonds. The van der Waals surface area contributed by atoms with Gasteiger partial charge in [0.1, 0.15) is 5.82 Å². The van der Waals surface area contributed by atoms with E-state index in [9.17, 15) is 14.0 Å². The van der Waals surface area contributed by atoms with Gasteiger partial charge in [0.25, 0.3) is 0 Å². The maximum absolute atomic E-state index is 13.4. The molecule has 2 rings (SSSR count). The standard InChI is InChI=1S/C16H22FN3O2/c1-3-6-20-10-13(8-16(20)22)18-9-15(21)19-12-5-4-11(2)14(17)7-12/h4-5,7,13,18H,3,6,8-10H2,1-2H3,(H,19,21)/t13-/m0/s1. The van der Waals surface area contributed by atoms with Crippen molar-refractivity contribution >= 4 is 17.5 Å². The summed E-state index contributed by atoms with van der Waals surface area (Å²) in [6.07, 6.45) is 1.35. The summed E-state index contributed by atoms with van der Waals surface area (Å²) in [7, 11) is 0. The van der Waals surface area contributed by atoms with Gasteiger partial charge in [0.2, 0.25) is 11.8 Å². The van der Waals surface area contributed by atoms with Gasteiger partial charge in [0.05, 0.1) is 6.54 Å². The van der Waals surface area contributed by atoms with E-state index in [-0.39, 0.29) is 30.2 Å². The van der Waals surface area contributed by atoms with Crippen molar-refractivity contribution in [3.05, 3.63) is 29.6 Å². The molecule has 1 aliphatic heterocycles. The molecule has 1 fully saturated rings. The Hall–Kier alpha value is -1.95. The van der Waals surface area contributed by atoms with Crippen LogP contribution in [0.4, 0.5) is 10.1 Å². The van der Waals surface area contributed by atoms with Gasteiger partial charge < -0.3 is 15.5 Å². The Balaban J connectivity index is 1.78. The average molecular weight is 307 g/mol. The smallest absolute Gasteiger partial charge is 0.238 e. The maximum atomic E-state index is 13.4. The average Bonchev–Trinajstić information content (AvgIpc) is 2.82. The molecule has 1 heterocycles. The summed E-state index contributed by atoms with van der Waals surface area (Å²) in [5.74, 6) is -0.465. The lowest BCUT2D eigenvalue weighted by Crippen LogP contribution is -2.38. The Kier molecular flexibility index (Phi) is 5.49. The van der Waals surface area contributed by atoms with Crippen molar-refractivity contribution in [2.45, 2.75) is 32.7 Å². The SMILES string of the molecule is CCCN1C[C@@H](NCC(=O)Nc2ccc(C)c(F)c2)CC1=O. The molecule has 0 radical (unpaired) electrons. The second-order valence-corrected chi connectivity index (χ2v) is 5.63. The van der Waals surface area contributed by atoms with Crippen LogP contribution in [0.1, 0.15) is 25.3 Å². The first kappa shape index (κ1) is 16.4. The van der Waals surface area contributed by atoms with Crippen LogP contribution in [0.15, 0.2) is 18.2 Å². The summed E-state index contributed by atoms with van der Waals surface area (Å²) in [6.45, 7) is 5.20. The Labute approximate surface area is 129 Å². The van der Waals surface area contributed by atoms with Crippen LogP contribution in [-0.4, -0.2) is 42.4 Å². The molecule has 22 heavy (non-hydrogen) atoms. The molecule has 6 heteroatoms. The van der Waals surface area contributed by atoms with Crippen molar-refractivity contribution in [1.82, 2.24) is 10.2 Å². The van der Waals surface area contributed by atoms with Gasteiger partial charge in [-0.2, -0.15) is 0 Å². The normalized spacial score (nSPS) is 17.9. The third-order valence-electron chi connectivity index (χ3n) is 3.71. The van der Waals surface area contributed by atoms with Gasteiger partial charge in [-0.1, -0.05) is 13.0 Å². The number of rotatable bonds is 6. The number of aryl methyl sites for hydroxylation is 1. The lowest BCUT2D eigenvalue weighted by atomic mass is 10.2. The minimum atomic E-state index is -0.345. The van der Waals surface area contributed by atoms with Gasteiger partial charge in [0.15, 0.2) is 0 Å². The number of halogens is 1. The molecule has 5 nitrogen and oxygen atoms in total. The van der Waals surface area contributed by atoms with Crippen molar-refractivity contribution < 1.29 is 14.0 Å². The van der Waals surface area contributed by atoms with E-state index in [1.54, 1.807) is 19.1 Å². The minimum absolute atomic E-state index is 0.000413. The summed E-state index contributed by atoms with van der Waals surface area (Å²) in [4.78, 5) is 25.4. The zero-order chi connectivity index (χ0) is 16.1. The van der Waals surface area contributed by atoms with E-state index < -0.39 is 0 Å². The van der Waals surface area contributed by atoms with Crippen molar-refractivity contribution in [1.29, 1.82) is 0 Å². The quantitative estimate of drug-likeness (QED) is 0.840. The fourth-order valence-corrected chi connectivity index (χ4v) is 2.51. The molecule has 0 bridgehead atoms. The second-order valence-electron chi connectivity index (χ2n) is 5.63. The molecular formula is C16H22FN3O2. The number of hydrogen-bond donors (Lipinski definition) is 2. The number of amides is 2. The number of benzene rings is 1. The highest BCUT2D eigenvalue weighted by Crippen LogP contribution is 2.14. The number of likely N-dealkylation sites (tertiary alicyclic amines) is 1. The van der Waals surface area contributed by atoms with Gasteiger partial charge in [-0.3, -0.25) is 9.59 Å². The van der Waals surface area contributed by atoms with Crippen LogP contribution in [0.2, 0.25) is 0 Å². The van der Waals surface area contributed by atoms with Gasteiger partial charge in [-0.15, -0.1) is 0 Å². The highest BCUT2D eigenvalue weighted by atomic mass is 19.1. The zero-order valence-corrected chi connectivity index (χ0v) is 13.0. The molecule has 2 N–H and O–H groups in total. The summed E-state index contributed by atoms with van der Waals surface area (Å²) >= 11 is 0. The Morgan fingerprint density at radius 3 is 2.91 bits per heavy atom. The van der Waals surface area contributed by atoms with Crippen LogP contribution in [0.25, 0.3) is 0 Å². The van der Waals surface area contributed by atoms with Crippen LogP contribution < -0.4 is 10.6 Å². The second kappa shape index (κ2) is 7.35. The van der Waals surface area contributed by atoms with Gasteiger partial charge in [0, 0.05) is 31.2 Å². The molecule has 0 aliphatic carbocycles. The summed E-state index contributed by atoms with van der Waals surface area (Å²) in [5.41, 5.74) is 0.974. The lowest BCUT2D eigenvalue weighted by molar-refractivity contribution is -0.127. The number of carbonyl (C=O) groups is 2. The van der Waals surface area contributed by atoms with E-state index >= 15 is 0 Å². The van der Waals surface area contributed by atoms with E-state index in [1.165, 1.54) is 6.07 Å². The van der Waals surface area contributed by atoms with E-state index in [1.807, 2.05) is 11.8 Å². The predicted octanol–water partition coefficient (Wildman–Crippen LogP) is 1.67. The van der Waals surface area contributed by atoms with Gasteiger partial charge >= 0.3 is 0 Å². The number of carbonyl (C=O) groups excluding carboxylic acids is 2. The Morgan fingerprint density at radius 2 is 2.23 bits per heavy atom. The van der Waals surface area contributed by atoms with Crippen molar-refractivity contribution in [3.8, 4) is 0 Å². The molecule has 0 spiro atoms. The minimum Gasteiger partial charge on any atom is -0.341 e. The number of hydrogen-bond acceptors (Lipinski definition) is 3. The first-order valence-corrected chi connectivity index (χ1v) is 7.56. The first-order chi connectivity index (χ1) is 10.5. The fraction of sp³-hybridized carbons (Fsp3) is 0.500. The summed E-state index contributed by atoms with van der Waals surface area (Å²) in [5, 5.41) is 5.72. The van der Waals surface area contributed by atoms with Crippen LogP contribution in [0.3, 0.4) is 0 Å². The predicted molar refractivity (Wildman–Crippen MR) is 83.0 cm³/mol. The molecule has 1 aromatic rings. The third kappa shape index (κ3) is 4.27.